The summed E-state index contributed by atoms with van der Waals surface area (Å²) in [5.41, 5.74) is 0. The summed E-state index contributed by atoms with van der Waals surface area (Å²) >= 11 is 0. The molecule has 0 heterocycles. The number of carbonyl (C=O) groups excluding carboxylic acids is 1. The Labute approximate surface area is 330 Å². The van der Waals surface area contributed by atoms with Gasteiger partial charge in [-0.2, -0.15) is 0 Å². The third kappa shape index (κ3) is 39.8. The lowest BCUT2D eigenvalue weighted by Gasteiger charge is -2.29. The predicted octanol–water partition coefficient (Wildman–Crippen LogP) is 14.2. The van der Waals surface area contributed by atoms with Crippen molar-refractivity contribution in [3.05, 3.63) is 48.6 Å². The van der Waals surface area contributed by atoms with Crippen LogP contribution in [0.5, 0.6) is 0 Å². The van der Waals surface area contributed by atoms with Gasteiger partial charge < -0.3 is 19.5 Å². The number of unbranched alkanes of at least 4 members (excludes halogenated alkanes) is 20. The van der Waals surface area contributed by atoms with Gasteiger partial charge in [-0.25, -0.2) is 0 Å². The Morgan fingerprint density at radius 3 is 1.38 bits per heavy atom. The van der Waals surface area contributed by atoms with E-state index < -0.39 is 5.79 Å². The SMILES string of the molecule is CCCCCC=CCC=CCCCCCCCCC(O)(CCCCCCCCC=CCC=CCCCCC)OCCCN(C)CCCCCC(=O)OC. The number of esters is 1. The van der Waals surface area contributed by atoms with Crippen LogP contribution in [-0.2, 0) is 14.3 Å². The highest BCUT2D eigenvalue weighted by atomic mass is 16.6. The maximum absolute atomic E-state index is 11.6. The molecule has 5 heteroatoms. The topological polar surface area (TPSA) is 59.0 Å². The van der Waals surface area contributed by atoms with Crippen LogP contribution in [0.1, 0.15) is 213 Å². The Kier molecular flexibility index (Phi) is 40.2. The molecule has 0 rings (SSSR count). The maximum Gasteiger partial charge on any atom is 0.305 e. The van der Waals surface area contributed by atoms with Crippen molar-refractivity contribution in [2.24, 2.45) is 0 Å². The highest BCUT2D eigenvalue weighted by Crippen LogP contribution is 2.25. The van der Waals surface area contributed by atoms with E-state index in [1.165, 1.54) is 136 Å². The second-order valence-electron chi connectivity index (χ2n) is 15.5. The van der Waals surface area contributed by atoms with Crippen LogP contribution in [0.4, 0.5) is 0 Å². The first-order valence-electron chi connectivity index (χ1n) is 22.7. The van der Waals surface area contributed by atoms with E-state index in [0.717, 1.165) is 77.3 Å². The van der Waals surface area contributed by atoms with Crippen LogP contribution in [0.3, 0.4) is 0 Å². The zero-order valence-corrected chi connectivity index (χ0v) is 35.8. The van der Waals surface area contributed by atoms with Gasteiger partial charge in [-0.15, -0.1) is 0 Å². The molecule has 0 fully saturated rings. The summed E-state index contributed by atoms with van der Waals surface area (Å²) in [6, 6.07) is 0. The van der Waals surface area contributed by atoms with Crippen molar-refractivity contribution < 1.29 is 19.4 Å². The lowest BCUT2D eigenvalue weighted by Crippen LogP contribution is -2.33. The molecule has 0 atom stereocenters. The van der Waals surface area contributed by atoms with Gasteiger partial charge in [0.25, 0.3) is 0 Å². The van der Waals surface area contributed by atoms with Crippen molar-refractivity contribution in [1.29, 1.82) is 0 Å². The summed E-state index contributed by atoms with van der Waals surface area (Å²) in [7, 11) is 3.61. The van der Waals surface area contributed by atoms with Gasteiger partial charge in [0.05, 0.1) is 13.7 Å². The van der Waals surface area contributed by atoms with Crippen molar-refractivity contribution in [1.82, 2.24) is 4.90 Å². The van der Waals surface area contributed by atoms with Gasteiger partial charge in [-0.1, -0.05) is 146 Å². The standard InChI is InChI=1S/C48H89NO4/c1-5-7-9-11-13-15-17-19-21-23-25-27-29-31-33-37-42-48(51,53-46-40-45-49(3)44-39-35-36-41-47(50)52-4)43-38-34-32-30-28-26-24-22-20-18-16-14-12-10-8-6-2/h13-16,19-22,51H,5-12,17-18,23-46H2,1-4H3. The van der Waals surface area contributed by atoms with Crippen molar-refractivity contribution in [2.45, 2.75) is 219 Å². The zero-order valence-electron chi connectivity index (χ0n) is 35.8. The van der Waals surface area contributed by atoms with Crippen LogP contribution < -0.4 is 0 Å². The molecule has 1 N–H and O–H groups in total. The van der Waals surface area contributed by atoms with Gasteiger partial charge in [0.2, 0.25) is 0 Å². The molecule has 310 valence electrons. The number of rotatable bonds is 41. The minimum absolute atomic E-state index is 0.117. The molecule has 0 aromatic heterocycles. The van der Waals surface area contributed by atoms with Crippen molar-refractivity contribution in [2.75, 3.05) is 33.9 Å². The summed E-state index contributed by atoms with van der Waals surface area (Å²) < 4.78 is 11.0. The maximum atomic E-state index is 11.6. The van der Waals surface area contributed by atoms with Crippen LogP contribution >= 0.6 is 0 Å². The molecule has 53 heavy (non-hydrogen) atoms. The first-order valence-corrected chi connectivity index (χ1v) is 22.7. The molecule has 5 nitrogen and oxygen atoms in total. The molecule has 0 amide bonds. The second-order valence-corrected chi connectivity index (χ2v) is 15.5. The van der Waals surface area contributed by atoms with E-state index >= 15 is 0 Å². The summed E-state index contributed by atoms with van der Waals surface area (Å²) in [6.07, 6.45) is 54.1. The Hall–Kier alpha value is -1.69. The smallest absolute Gasteiger partial charge is 0.305 e. The molecule has 0 saturated carbocycles. The first-order chi connectivity index (χ1) is 26.0. The van der Waals surface area contributed by atoms with E-state index in [9.17, 15) is 9.90 Å². The van der Waals surface area contributed by atoms with E-state index in [2.05, 4.69) is 74.4 Å². The molecule has 0 aromatic rings. The third-order valence-electron chi connectivity index (χ3n) is 10.2. The third-order valence-corrected chi connectivity index (χ3v) is 10.2. The molecule has 0 saturated heterocycles. The molecule has 0 unspecified atom stereocenters. The van der Waals surface area contributed by atoms with Crippen LogP contribution in [0.2, 0.25) is 0 Å². The van der Waals surface area contributed by atoms with Crippen molar-refractivity contribution in [3.63, 3.8) is 0 Å². The van der Waals surface area contributed by atoms with Gasteiger partial charge in [0.15, 0.2) is 5.79 Å². The molecule has 0 radical (unpaired) electrons. The number of methoxy groups -OCH3 is 1. The van der Waals surface area contributed by atoms with Crippen molar-refractivity contribution in [3.8, 4) is 0 Å². The van der Waals surface area contributed by atoms with Gasteiger partial charge in [-0.05, 0) is 110 Å². The number of hydrogen-bond donors (Lipinski definition) is 1. The zero-order chi connectivity index (χ0) is 38.8. The molecular weight excluding hydrogens is 655 g/mol. The Morgan fingerprint density at radius 1 is 0.528 bits per heavy atom. The number of nitrogens with zero attached hydrogens (tertiary/aromatic N) is 1. The normalized spacial score (nSPS) is 13.5. The number of aliphatic hydroxyl groups is 1. The first kappa shape index (κ1) is 51.3. The quantitative estimate of drug-likeness (QED) is 0.0292. The Morgan fingerprint density at radius 2 is 0.925 bits per heavy atom. The number of ether oxygens (including phenoxy) is 2. The fourth-order valence-electron chi connectivity index (χ4n) is 6.69. The highest BCUT2D eigenvalue weighted by molar-refractivity contribution is 5.68. The van der Waals surface area contributed by atoms with E-state index in [1.54, 1.807) is 0 Å². The molecule has 0 aliphatic rings. The largest absolute Gasteiger partial charge is 0.469 e. The van der Waals surface area contributed by atoms with Crippen molar-refractivity contribution >= 4 is 5.97 Å². The minimum atomic E-state index is -0.989. The molecule has 0 aliphatic carbocycles. The predicted molar refractivity (Wildman–Crippen MR) is 231 cm³/mol. The van der Waals surface area contributed by atoms with E-state index in [0.29, 0.717) is 13.0 Å². The van der Waals surface area contributed by atoms with Gasteiger partial charge in [0.1, 0.15) is 0 Å². The minimum Gasteiger partial charge on any atom is -0.469 e. The summed E-state index contributed by atoms with van der Waals surface area (Å²) in [5, 5.41) is 11.6. The summed E-state index contributed by atoms with van der Waals surface area (Å²) in [5.74, 6) is -1.11. The highest BCUT2D eigenvalue weighted by Gasteiger charge is 2.26. The lowest BCUT2D eigenvalue weighted by molar-refractivity contribution is -0.214. The van der Waals surface area contributed by atoms with Crippen LogP contribution in [0.25, 0.3) is 0 Å². The molecular formula is C48H89NO4. The summed E-state index contributed by atoms with van der Waals surface area (Å²) in [6.45, 7) is 7.10. The number of allylic oxidation sites excluding steroid dienone is 8. The Balaban J connectivity index is 4.31. The lowest BCUT2D eigenvalue weighted by atomic mass is 9.98. The van der Waals surface area contributed by atoms with Crippen LogP contribution in [-0.4, -0.2) is 55.6 Å². The molecule has 0 bridgehead atoms. The van der Waals surface area contributed by atoms with E-state index in [4.69, 9.17) is 9.47 Å². The number of carbonyl (C=O) groups is 1. The molecule has 0 aliphatic heterocycles. The van der Waals surface area contributed by atoms with Gasteiger partial charge >= 0.3 is 5.97 Å². The van der Waals surface area contributed by atoms with E-state index in [-0.39, 0.29) is 5.97 Å². The fourth-order valence-corrected chi connectivity index (χ4v) is 6.69. The van der Waals surface area contributed by atoms with Gasteiger partial charge in [-0.3, -0.25) is 4.79 Å². The van der Waals surface area contributed by atoms with Gasteiger partial charge in [0, 0.05) is 25.8 Å². The van der Waals surface area contributed by atoms with E-state index in [1.807, 2.05) is 0 Å². The molecule has 0 aromatic carbocycles. The second kappa shape index (κ2) is 41.5. The van der Waals surface area contributed by atoms with Crippen LogP contribution in [0, 0.1) is 0 Å². The average Bonchev–Trinajstić information content (AvgIpc) is 3.16. The average molecular weight is 744 g/mol. The monoisotopic (exact) mass is 744 g/mol. The summed E-state index contributed by atoms with van der Waals surface area (Å²) in [4.78, 5) is 13.6. The molecule has 0 spiro atoms. The fraction of sp³-hybridized carbons (Fsp3) is 0.812. The van der Waals surface area contributed by atoms with Crippen LogP contribution in [0.15, 0.2) is 48.6 Å². The Bertz CT molecular complexity index is 831. The number of hydrogen-bond acceptors (Lipinski definition) is 5.